The summed E-state index contributed by atoms with van der Waals surface area (Å²) in [5, 5.41) is 0. The van der Waals surface area contributed by atoms with E-state index in [1.807, 2.05) is 13.8 Å². The van der Waals surface area contributed by atoms with Crippen molar-refractivity contribution in [2.24, 2.45) is 5.92 Å². The van der Waals surface area contributed by atoms with Crippen molar-refractivity contribution in [2.45, 2.75) is 52.6 Å². The normalized spacial score (nSPS) is 11.6. The first-order valence-corrected chi connectivity index (χ1v) is 10.3. The van der Waals surface area contributed by atoms with Crippen molar-refractivity contribution in [1.29, 1.82) is 0 Å². The molecule has 1 aromatic carbocycles. The number of ether oxygens (including phenoxy) is 2. The van der Waals surface area contributed by atoms with Crippen molar-refractivity contribution >= 4 is 11.5 Å². The molecule has 2 aromatic rings. The molecule has 5 nitrogen and oxygen atoms in total. The van der Waals surface area contributed by atoms with E-state index in [0.717, 1.165) is 31.9 Å². The third-order valence-electron chi connectivity index (χ3n) is 4.40. The van der Waals surface area contributed by atoms with E-state index in [0.29, 0.717) is 24.7 Å². The lowest BCUT2D eigenvalue weighted by molar-refractivity contribution is -0.137. The fourth-order valence-corrected chi connectivity index (χ4v) is 2.80. The van der Waals surface area contributed by atoms with Gasteiger partial charge in [0, 0.05) is 13.2 Å². The third-order valence-corrected chi connectivity index (χ3v) is 4.40. The first-order valence-electron chi connectivity index (χ1n) is 10.3. The van der Waals surface area contributed by atoms with Gasteiger partial charge < -0.3 is 14.4 Å². The van der Waals surface area contributed by atoms with Gasteiger partial charge in [0.1, 0.15) is 11.3 Å². The molecule has 0 aliphatic carbocycles. The van der Waals surface area contributed by atoms with E-state index < -0.39 is 11.7 Å². The third kappa shape index (κ3) is 6.78. The second kappa shape index (κ2) is 11.0. The topological polar surface area (TPSA) is 47.5 Å². The van der Waals surface area contributed by atoms with E-state index in [4.69, 9.17) is 9.47 Å². The zero-order chi connectivity index (χ0) is 22.1. The molecule has 30 heavy (non-hydrogen) atoms. The molecule has 0 amide bonds. The number of para-hydroxylation sites is 2. The molecule has 166 valence electrons. The fourth-order valence-electron chi connectivity index (χ4n) is 2.80. The molecule has 2 rings (SSSR count). The SMILES string of the molecule is CCCCCCOc1ccccc1N(C)c1nc(OCC(C)C)ncc1C(F)(F)F. The first-order chi connectivity index (χ1) is 14.2. The summed E-state index contributed by atoms with van der Waals surface area (Å²) < 4.78 is 52.1. The van der Waals surface area contributed by atoms with Crippen molar-refractivity contribution in [3.05, 3.63) is 36.0 Å². The van der Waals surface area contributed by atoms with E-state index in [1.54, 1.807) is 24.3 Å². The van der Waals surface area contributed by atoms with Gasteiger partial charge in [-0.3, -0.25) is 0 Å². The number of nitrogens with zero attached hydrogens (tertiary/aromatic N) is 3. The average molecular weight is 425 g/mol. The smallest absolute Gasteiger partial charge is 0.421 e. The van der Waals surface area contributed by atoms with E-state index in [1.165, 1.54) is 11.9 Å². The highest BCUT2D eigenvalue weighted by Crippen LogP contribution is 2.40. The van der Waals surface area contributed by atoms with Crippen LogP contribution in [0.2, 0.25) is 0 Å². The minimum Gasteiger partial charge on any atom is -0.491 e. The Balaban J connectivity index is 2.32. The Morgan fingerprint density at radius 2 is 1.80 bits per heavy atom. The van der Waals surface area contributed by atoms with Crippen LogP contribution in [0.4, 0.5) is 24.7 Å². The van der Waals surface area contributed by atoms with Gasteiger partial charge in [-0.2, -0.15) is 18.2 Å². The van der Waals surface area contributed by atoms with Crippen LogP contribution >= 0.6 is 0 Å². The van der Waals surface area contributed by atoms with Gasteiger partial charge in [-0.1, -0.05) is 52.2 Å². The number of unbranched alkanes of at least 4 members (excludes halogenated alkanes) is 3. The molecule has 0 saturated carbocycles. The number of hydrogen-bond acceptors (Lipinski definition) is 5. The van der Waals surface area contributed by atoms with Gasteiger partial charge in [-0.15, -0.1) is 0 Å². The predicted molar refractivity (Wildman–Crippen MR) is 112 cm³/mol. The van der Waals surface area contributed by atoms with Crippen LogP contribution < -0.4 is 14.4 Å². The summed E-state index contributed by atoms with van der Waals surface area (Å²) in [7, 11) is 1.53. The number of anilines is 2. The summed E-state index contributed by atoms with van der Waals surface area (Å²) in [5.41, 5.74) is -0.438. The molecule has 0 unspecified atom stereocenters. The molecule has 0 atom stereocenters. The highest BCUT2D eigenvalue weighted by Gasteiger charge is 2.37. The van der Waals surface area contributed by atoms with Crippen molar-refractivity contribution in [3.63, 3.8) is 0 Å². The predicted octanol–water partition coefficient (Wildman–Crippen LogP) is 6.26. The standard InChI is InChI=1S/C22H30F3N3O2/c1-5-6-7-10-13-29-19-12-9-8-11-18(19)28(4)20-17(22(23,24)25)14-26-21(27-20)30-15-16(2)3/h8-9,11-12,14,16H,5-7,10,13,15H2,1-4H3. The van der Waals surface area contributed by atoms with Crippen molar-refractivity contribution < 1.29 is 22.6 Å². The number of halogens is 3. The number of alkyl halides is 3. The Morgan fingerprint density at radius 1 is 1.07 bits per heavy atom. The molecular formula is C22H30F3N3O2. The molecule has 0 spiro atoms. The molecule has 0 N–H and O–H groups in total. The number of benzene rings is 1. The van der Waals surface area contributed by atoms with Crippen molar-refractivity contribution in [2.75, 3.05) is 25.2 Å². The van der Waals surface area contributed by atoms with Gasteiger partial charge in [-0.05, 0) is 24.5 Å². The Hall–Kier alpha value is -2.51. The quantitative estimate of drug-likeness (QED) is 0.398. The van der Waals surface area contributed by atoms with Gasteiger partial charge in [0.15, 0.2) is 5.82 Å². The van der Waals surface area contributed by atoms with Crippen LogP contribution in [0.5, 0.6) is 11.8 Å². The van der Waals surface area contributed by atoms with Crippen LogP contribution in [0, 0.1) is 5.92 Å². The maximum Gasteiger partial charge on any atom is 0.421 e. The van der Waals surface area contributed by atoms with Gasteiger partial charge in [0.05, 0.1) is 18.9 Å². The second-order valence-electron chi connectivity index (χ2n) is 7.53. The maximum absolute atomic E-state index is 13.6. The molecule has 8 heteroatoms. The van der Waals surface area contributed by atoms with Crippen LogP contribution in [0.15, 0.2) is 30.5 Å². The maximum atomic E-state index is 13.6. The summed E-state index contributed by atoms with van der Waals surface area (Å²) in [6.45, 7) is 6.82. The fraction of sp³-hybridized carbons (Fsp3) is 0.545. The molecule has 0 fully saturated rings. The molecule has 0 saturated heterocycles. The van der Waals surface area contributed by atoms with Crippen LogP contribution in [-0.2, 0) is 6.18 Å². The zero-order valence-electron chi connectivity index (χ0n) is 18.0. The molecular weight excluding hydrogens is 395 g/mol. The second-order valence-corrected chi connectivity index (χ2v) is 7.53. The summed E-state index contributed by atoms with van der Waals surface area (Å²) in [6, 6.07) is 6.91. The van der Waals surface area contributed by atoms with Crippen LogP contribution in [-0.4, -0.2) is 30.2 Å². The molecule has 0 bridgehead atoms. The Kier molecular flexibility index (Phi) is 8.74. The summed E-state index contributed by atoms with van der Waals surface area (Å²) in [5.74, 6) is 0.421. The Bertz CT molecular complexity index is 797. The summed E-state index contributed by atoms with van der Waals surface area (Å²) in [6.07, 6.45) is 0.350. The monoisotopic (exact) mass is 425 g/mol. The minimum atomic E-state index is -4.60. The van der Waals surface area contributed by atoms with E-state index in [9.17, 15) is 13.2 Å². The van der Waals surface area contributed by atoms with Gasteiger partial charge >= 0.3 is 12.2 Å². The van der Waals surface area contributed by atoms with E-state index in [-0.39, 0.29) is 17.7 Å². The van der Waals surface area contributed by atoms with Crippen molar-refractivity contribution in [3.8, 4) is 11.8 Å². The highest BCUT2D eigenvalue weighted by molar-refractivity contribution is 5.68. The van der Waals surface area contributed by atoms with Crippen LogP contribution in [0.25, 0.3) is 0 Å². The van der Waals surface area contributed by atoms with Gasteiger partial charge in [-0.25, -0.2) is 4.98 Å². The highest BCUT2D eigenvalue weighted by atomic mass is 19.4. The van der Waals surface area contributed by atoms with Crippen LogP contribution in [0.3, 0.4) is 0 Å². The minimum absolute atomic E-state index is 0.0866. The molecule has 1 aromatic heterocycles. The molecule has 0 aliphatic heterocycles. The zero-order valence-corrected chi connectivity index (χ0v) is 18.0. The summed E-state index contributed by atoms with van der Waals surface area (Å²) in [4.78, 5) is 9.18. The number of aromatic nitrogens is 2. The lowest BCUT2D eigenvalue weighted by Crippen LogP contribution is -2.20. The average Bonchev–Trinajstić information content (AvgIpc) is 2.71. The van der Waals surface area contributed by atoms with E-state index >= 15 is 0 Å². The first kappa shape index (κ1) is 23.8. The molecule has 0 aliphatic rings. The van der Waals surface area contributed by atoms with Crippen LogP contribution in [0.1, 0.15) is 52.0 Å². The number of rotatable bonds is 11. The van der Waals surface area contributed by atoms with Gasteiger partial charge in [0.2, 0.25) is 0 Å². The summed E-state index contributed by atoms with van der Waals surface area (Å²) >= 11 is 0. The molecule has 0 radical (unpaired) electrons. The Labute approximate surface area is 176 Å². The molecule has 1 heterocycles. The Morgan fingerprint density at radius 3 is 2.47 bits per heavy atom. The van der Waals surface area contributed by atoms with Gasteiger partial charge in [0.25, 0.3) is 0 Å². The van der Waals surface area contributed by atoms with E-state index in [2.05, 4.69) is 16.9 Å². The lowest BCUT2D eigenvalue weighted by Gasteiger charge is -2.24. The van der Waals surface area contributed by atoms with Crippen molar-refractivity contribution in [1.82, 2.24) is 9.97 Å². The largest absolute Gasteiger partial charge is 0.491 e. The number of hydrogen-bond donors (Lipinski definition) is 0. The lowest BCUT2D eigenvalue weighted by atomic mass is 10.2.